The minimum absolute atomic E-state index is 0.00244. The summed E-state index contributed by atoms with van der Waals surface area (Å²) < 4.78 is 0. The lowest BCUT2D eigenvalue weighted by atomic mass is 9.66. The molecule has 1 aliphatic heterocycles. The van der Waals surface area contributed by atoms with Crippen molar-refractivity contribution in [2.24, 2.45) is 4.99 Å². The second-order valence-corrected chi connectivity index (χ2v) is 10.6. The number of benzene rings is 1. The maximum Gasteiger partial charge on any atom is 0.350 e. The average molecular weight is 428 g/mol. The van der Waals surface area contributed by atoms with Crippen LogP contribution in [0.4, 0.5) is 4.79 Å². The molecule has 0 N–H and O–H groups in total. The van der Waals surface area contributed by atoms with Gasteiger partial charge in [-0.05, 0) is 53.6 Å². The first kappa shape index (κ1) is 20.8. The van der Waals surface area contributed by atoms with Gasteiger partial charge in [0.2, 0.25) is 0 Å². The van der Waals surface area contributed by atoms with E-state index < -0.39 is 6.03 Å². The highest BCUT2D eigenvalue weighted by molar-refractivity contribution is 6.35. The van der Waals surface area contributed by atoms with Gasteiger partial charge in [0.25, 0.3) is 5.91 Å². The number of aliphatic imine (C=N–C) groups is 1. The van der Waals surface area contributed by atoms with Crippen LogP contribution in [-0.4, -0.2) is 28.0 Å². The summed E-state index contributed by atoms with van der Waals surface area (Å²) in [5.41, 5.74) is 7.35. The van der Waals surface area contributed by atoms with Crippen LogP contribution < -0.4 is 0 Å². The fraction of sp³-hybridized carbons (Fsp3) is 0.407. The van der Waals surface area contributed by atoms with E-state index in [1.54, 1.807) is 6.20 Å². The number of pyridine rings is 1. The molecule has 2 heterocycles. The van der Waals surface area contributed by atoms with E-state index in [0.29, 0.717) is 0 Å². The molecule has 0 bridgehead atoms. The summed E-state index contributed by atoms with van der Waals surface area (Å²) in [7, 11) is 0. The lowest BCUT2D eigenvalue weighted by Crippen LogP contribution is -2.30. The van der Waals surface area contributed by atoms with E-state index in [4.69, 9.17) is 4.98 Å². The van der Waals surface area contributed by atoms with Crippen LogP contribution in [-0.2, 0) is 27.6 Å². The first-order valence-electron chi connectivity index (χ1n) is 11.2. The average Bonchev–Trinajstić information content (AvgIpc) is 3.49. The standard InChI is InChI=1S/C27H29N3O2/c1-17-12-20-21(26(4,5)9-8-25(20,2)3)13-19(17)27(10-11-27)22-7-6-18(14-28-22)16-30-23(31)15-29-24(30)32/h6-9,12-15H,10-11,16H2,1-5H3. The fourth-order valence-corrected chi connectivity index (χ4v) is 5.15. The summed E-state index contributed by atoms with van der Waals surface area (Å²) in [5.74, 6) is -0.373. The second-order valence-electron chi connectivity index (χ2n) is 10.6. The monoisotopic (exact) mass is 427 g/mol. The van der Waals surface area contributed by atoms with Gasteiger partial charge < -0.3 is 0 Å². The van der Waals surface area contributed by atoms with Gasteiger partial charge in [-0.2, -0.15) is 4.99 Å². The SMILES string of the molecule is Cc1cc2c(cc1C1(c3ccc(CN4C(=O)C=NC4=O)cn3)CC1)C(C)(C)C=CC2(C)C. The molecule has 5 heteroatoms. The number of rotatable bonds is 4. The Balaban J connectivity index is 1.49. The number of hydrogen-bond donors (Lipinski definition) is 0. The number of carbonyl (C=O) groups excluding carboxylic acids is 2. The zero-order chi connectivity index (χ0) is 22.9. The maximum absolute atomic E-state index is 11.8. The summed E-state index contributed by atoms with van der Waals surface area (Å²) in [5, 5.41) is 0. The largest absolute Gasteiger partial charge is 0.350 e. The van der Waals surface area contributed by atoms with E-state index >= 15 is 0 Å². The second kappa shape index (κ2) is 6.71. The van der Waals surface area contributed by atoms with Crippen LogP contribution in [0.3, 0.4) is 0 Å². The third-order valence-electron chi connectivity index (χ3n) is 7.37. The molecule has 0 radical (unpaired) electrons. The quantitative estimate of drug-likeness (QED) is 0.636. The summed E-state index contributed by atoms with van der Waals surface area (Å²) >= 11 is 0. The van der Waals surface area contributed by atoms with E-state index in [1.165, 1.54) is 22.3 Å². The first-order chi connectivity index (χ1) is 15.0. The van der Waals surface area contributed by atoms with Crippen LogP contribution >= 0.6 is 0 Å². The van der Waals surface area contributed by atoms with Gasteiger partial charge in [0.05, 0.1) is 18.5 Å². The van der Waals surface area contributed by atoms with Crippen molar-refractivity contribution in [1.82, 2.24) is 9.88 Å². The molecular weight excluding hydrogens is 398 g/mol. The van der Waals surface area contributed by atoms with Crippen molar-refractivity contribution in [2.45, 2.75) is 70.3 Å². The predicted molar refractivity (Wildman–Crippen MR) is 125 cm³/mol. The Morgan fingerprint density at radius 2 is 1.59 bits per heavy atom. The van der Waals surface area contributed by atoms with Crippen LogP contribution in [0.2, 0.25) is 0 Å². The van der Waals surface area contributed by atoms with Crippen LogP contribution in [0.1, 0.15) is 74.0 Å². The molecule has 0 atom stereocenters. The van der Waals surface area contributed by atoms with Crippen molar-refractivity contribution in [3.63, 3.8) is 0 Å². The molecule has 0 saturated heterocycles. The summed E-state index contributed by atoms with van der Waals surface area (Å²) in [4.78, 5) is 33.0. The number of imide groups is 1. The van der Waals surface area contributed by atoms with Crippen LogP contribution in [0.25, 0.3) is 0 Å². The van der Waals surface area contributed by atoms with Gasteiger partial charge in [0, 0.05) is 22.4 Å². The topological polar surface area (TPSA) is 62.6 Å². The summed E-state index contributed by atoms with van der Waals surface area (Å²) in [6.45, 7) is 11.6. The summed E-state index contributed by atoms with van der Waals surface area (Å²) in [6, 6.07) is 8.33. The van der Waals surface area contributed by atoms with E-state index in [9.17, 15) is 9.59 Å². The molecule has 1 fully saturated rings. The van der Waals surface area contributed by atoms with Crippen LogP contribution in [0, 0.1) is 6.92 Å². The zero-order valence-corrected chi connectivity index (χ0v) is 19.4. The Morgan fingerprint density at radius 1 is 0.938 bits per heavy atom. The molecule has 1 aromatic carbocycles. The van der Waals surface area contributed by atoms with E-state index in [1.807, 2.05) is 6.07 Å². The van der Waals surface area contributed by atoms with Crippen molar-refractivity contribution in [3.8, 4) is 0 Å². The van der Waals surface area contributed by atoms with E-state index in [0.717, 1.165) is 35.2 Å². The highest BCUT2D eigenvalue weighted by atomic mass is 16.2. The number of hydrogen-bond acceptors (Lipinski definition) is 3. The first-order valence-corrected chi connectivity index (χ1v) is 11.2. The molecule has 5 nitrogen and oxygen atoms in total. The Hall–Kier alpha value is -3.08. The van der Waals surface area contributed by atoms with Gasteiger partial charge in [-0.1, -0.05) is 58.0 Å². The van der Waals surface area contributed by atoms with Gasteiger partial charge in [-0.15, -0.1) is 0 Å². The zero-order valence-electron chi connectivity index (χ0n) is 19.4. The minimum Gasteiger partial charge on any atom is -0.267 e. The van der Waals surface area contributed by atoms with E-state index in [2.05, 4.69) is 70.0 Å². The lowest BCUT2D eigenvalue weighted by Gasteiger charge is -2.38. The normalized spacial score (nSPS) is 21.7. The van der Waals surface area contributed by atoms with Crippen LogP contribution in [0.5, 0.6) is 0 Å². The molecule has 3 aliphatic rings. The predicted octanol–water partition coefficient (Wildman–Crippen LogP) is 5.13. The third kappa shape index (κ3) is 3.14. The molecule has 164 valence electrons. The minimum atomic E-state index is -0.512. The number of allylic oxidation sites excluding steroid dienone is 2. The highest BCUT2D eigenvalue weighted by Gasteiger charge is 2.49. The Bertz CT molecular complexity index is 1180. The van der Waals surface area contributed by atoms with Gasteiger partial charge in [-0.3, -0.25) is 14.7 Å². The van der Waals surface area contributed by atoms with Crippen LogP contribution in [0.15, 0.2) is 47.6 Å². The van der Waals surface area contributed by atoms with Crippen molar-refractivity contribution in [2.75, 3.05) is 0 Å². The van der Waals surface area contributed by atoms with Crippen molar-refractivity contribution in [1.29, 1.82) is 0 Å². The van der Waals surface area contributed by atoms with Crippen molar-refractivity contribution < 1.29 is 9.59 Å². The number of carbonyl (C=O) groups is 2. The third-order valence-corrected chi connectivity index (χ3v) is 7.37. The molecule has 1 aromatic heterocycles. The maximum atomic E-state index is 11.8. The Morgan fingerprint density at radius 3 is 2.12 bits per heavy atom. The number of urea groups is 1. The molecule has 2 aromatic rings. The highest BCUT2D eigenvalue weighted by Crippen LogP contribution is 2.55. The fourth-order valence-electron chi connectivity index (χ4n) is 5.15. The van der Waals surface area contributed by atoms with Gasteiger partial charge in [0.1, 0.15) is 0 Å². The lowest BCUT2D eigenvalue weighted by molar-refractivity contribution is -0.120. The van der Waals surface area contributed by atoms with Crippen molar-refractivity contribution >= 4 is 18.2 Å². The van der Waals surface area contributed by atoms with E-state index in [-0.39, 0.29) is 28.7 Å². The number of aryl methyl sites for hydroxylation is 1. The number of aromatic nitrogens is 1. The number of amides is 3. The van der Waals surface area contributed by atoms with Gasteiger partial charge >= 0.3 is 6.03 Å². The molecule has 2 aliphatic carbocycles. The Labute approximate surface area is 189 Å². The molecule has 0 spiro atoms. The number of fused-ring (bicyclic) bond motifs is 1. The Kier molecular flexibility index (Phi) is 4.36. The molecule has 0 unspecified atom stereocenters. The smallest absolute Gasteiger partial charge is 0.267 e. The van der Waals surface area contributed by atoms with Gasteiger partial charge in [-0.25, -0.2) is 4.79 Å². The molecule has 5 rings (SSSR count). The molecular formula is C27H29N3O2. The molecule has 3 amide bonds. The van der Waals surface area contributed by atoms with Gasteiger partial charge in [0.15, 0.2) is 0 Å². The molecule has 32 heavy (non-hydrogen) atoms. The molecule has 1 saturated carbocycles. The van der Waals surface area contributed by atoms with Crippen molar-refractivity contribution in [3.05, 3.63) is 76.1 Å². The summed E-state index contributed by atoms with van der Waals surface area (Å²) in [6.07, 6.45) is 9.69. The number of nitrogens with zero attached hydrogens (tertiary/aromatic N) is 3.